The number of benzene rings is 2. The Morgan fingerprint density at radius 3 is 2.89 bits per heavy atom. The van der Waals surface area contributed by atoms with E-state index >= 15 is 0 Å². The van der Waals surface area contributed by atoms with E-state index in [9.17, 15) is 9.18 Å². The zero-order chi connectivity index (χ0) is 18.8. The number of carbonyl (C=O) groups excluding carboxylic acids is 1. The van der Waals surface area contributed by atoms with Crippen LogP contribution in [0.1, 0.15) is 15.2 Å². The minimum Gasteiger partial charge on any atom is -0.489 e. The molecule has 4 aromatic rings. The predicted octanol–water partition coefficient (Wildman–Crippen LogP) is 5.25. The SMILES string of the molecule is O=C(Nc1n[nH]c2ccc(OCc3ccccc3F)cc12)c1sccc1Cl. The lowest BCUT2D eigenvalue weighted by Crippen LogP contribution is -2.11. The maximum Gasteiger partial charge on any atom is 0.268 e. The summed E-state index contributed by atoms with van der Waals surface area (Å²) in [4.78, 5) is 12.8. The molecule has 2 aromatic carbocycles. The first-order valence-corrected chi connectivity index (χ1v) is 9.26. The van der Waals surface area contributed by atoms with Crippen molar-refractivity contribution in [3.8, 4) is 5.75 Å². The van der Waals surface area contributed by atoms with Gasteiger partial charge >= 0.3 is 0 Å². The number of halogens is 2. The second-order valence-electron chi connectivity index (χ2n) is 5.71. The molecule has 0 fully saturated rings. The van der Waals surface area contributed by atoms with E-state index in [1.807, 2.05) is 0 Å². The lowest BCUT2D eigenvalue weighted by Gasteiger charge is -2.07. The van der Waals surface area contributed by atoms with Crippen LogP contribution in [0.25, 0.3) is 10.9 Å². The number of fused-ring (bicyclic) bond motifs is 1. The molecule has 0 aliphatic rings. The summed E-state index contributed by atoms with van der Waals surface area (Å²) < 4.78 is 19.4. The molecule has 0 spiro atoms. The average Bonchev–Trinajstić information content (AvgIpc) is 3.27. The Labute approximate surface area is 162 Å². The summed E-state index contributed by atoms with van der Waals surface area (Å²) in [5.41, 5.74) is 1.20. The van der Waals surface area contributed by atoms with Crippen molar-refractivity contribution in [3.63, 3.8) is 0 Å². The van der Waals surface area contributed by atoms with E-state index < -0.39 is 0 Å². The minimum absolute atomic E-state index is 0.0997. The van der Waals surface area contributed by atoms with Crippen LogP contribution in [0.15, 0.2) is 53.9 Å². The highest BCUT2D eigenvalue weighted by atomic mass is 35.5. The van der Waals surface area contributed by atoms with Gasteiger partial charge in [0.2, 0.25) is 0 Å². The highest BCUT2D eigenvalue weighted by molar-refractivity contribution is 7.12. The van der Waals surface area contributed by atoms with Crippen LogP contribution >= 0.6 is 22.9 Å². The molecule has 0 atom stereocenters. The first kappa shape index (κ1) is 17.5. The summed E-state index contributed by atoms with van der Waals surface area (Å²) in [6, 6.07) is 13.4. The Bertz CT molecular complexity index is 1130. The van der Waals surface area contributed by atoms with Crippen LogP contribution in [-0.2, 0) is 6.61 Å². The molecule has 2 heterocycles. The molecular weight excluding hydrogens is 389 g/mol. The van der Waals surface area contributed by atoms with E-state index in [1.165, 1.54) is 17.4 Å². The normalized spacial score (nSPS) is 10.9. The van der Waals surface area contributed by atoms with Crippen molar-refractivity contribution in [1.29, 1.82) is 0 Å². The molecule has 0 aliphatic carbocycles. The predicted molar refractivity (Wildman–Crippen MR) is 104 cm³/mol. The van der Waals surface area contributed by atoms with Crippen molar-refractivity contribution in [2.24, 2.45) is 0 Å². The third kappa shape index (κ3) is 3.65. The molecule has 8 heteroatoms. The topological polar surface area (TPSA) is 67.0 Å². The smallest absolute Gasteiger partial charge is 0.268 e. The summed E-state index contributed by atoms with van der Waals surface area (Å²) in [6.07, 6.45) is 0. The Morgan fingerprint density at radius 1 is 1.26 bits per heavy atom. The number of carbonyl (C=O) groups is 1. The lowest BCUT2D eigenvalue weighted by molar-refractivity contribution is 0.103. The lowest BCUT2D eigenvalue weighted by atomic mass is 10.2. The van der Waals surface area contributed by atoms with Gasteiger partial charge in [-0.3, -0.25) is 9.89 Å². The molecule has 136 valence electrons. The number of amides is 1. The molecule has 0 unspecified atom stereocenters. The first-order chi connectivity index (χ1) is 13.1. The van der Waals surface area contributed by atoms with Crippen LogP contribution in [0.3, 0.4) is 0 Å². The number of ether oxygens (including phenoxy) is 1. The van der Waals surface area contributed by atoms with Gasteiger partial charge in [-0.25, -0.2) is 4.39 Å². The van der Waals surface area contributed by atoms with Crippen molar-refractivity contribution in [1.82, 2.24) is 10.2 Å². The fraction of sp³-hybridized carbons (Fsp3) is 0.0526. The van der Waals surface area contributed by atoms with Crippen molar-refractivity contribution < 1.29 is 13.9 Å². The van der Waals surface area contributed by atoms with Crippen molar-refractivity contribution >= 4 is 45.6 Å². The number of rotatable bonds is 5. The zero-order valence-electron chi connectivity index (χ0n) is 13.8. The maximum absolute atomic E-state index is 13.7. The number of anilines is 1. The van der Waals surface area contributed by atoms with Crippen molar-refractivity contribution in [2.45, 2.75) is 6.61 Å². The van der Waals surface area contributed by atoms with E-state index in [0.717, 1.165) is 5.52 Å². The molecule has 0 bridgehead atoms. The van der Waals surface area contributed by atoms with Gasteiger partial charge in [0.15, 0.2) is 5.82 Å². The van der Waals surface area contributed by atoms with Gasteiger partial charge in [0.05, 0.1) is 10.5 Å². The Balaban J connectivity index is 1.55. The van der Waals surface area contributed by atoms with Gasteiger partial charge < -0.3 is 10.1 Å². The number of nitrogens with zero attached hydrogens (tertiary/aromatic N) is 1. The van der Waals surface area contributed by atoms with Gasteiger partial charge in [-0.1, -0.05) is 29.8 Å². The van der Waals surface area contributed by atoms with E-state index in [2.05, 4.69) is 15.5 Å². The van der Waals surface area contributed by atoms with Crippen LogP contribution in [-0.4, -0.2) is 16.1 Å². The van der Waals surface area contributed by atoms with Gasteiger partial charge in [0.25, 0.3) is 5.91 Å². The molecular formula is C19H13ClFN3O2S. The second kappa shape index (κ2) is 7.38. The number of hydrogen-bond donors (Lipinski definition) is 2. The van der Waals surface area contributed by atoms with Gasteiger partial charge in [-0.2, -0.15) is 5.10 Å². The average molecular weight is 402 g/mol. The molecule has 1 amide bonds. The maximum atomic E-state index is 13.7. The van der Waals surface area contributed by atoms with Gasteiger partial charge in [0.1, 0.15) is 23.1 Å². The molecule has 0 aliphatic heterocycles. The Morgan fingerprint density at radius 2 is 2.11 bits per heavy atom. The molecule has 27 heavy (non-hydrogen) atoms. The zero-order valence-corrected chi connectivity index (χ0v) is 15.4. The van der Waals surface area contributed by atoms with Crippen LogP contribution in [0.2, 0.25) is 5.02 Å². The fourth-order valence-corrected chi connectivity index (χ4v) is 3.61. The third-order valence-corrected chi connectivity index (χ3v) is 5.28. The summed E-state index contributed by atoms with van der Waals surface area (Å²) in [5.74, 6) is 0.261. The monoisotopic (exact) mass is 401 g/mol. The number of aromatic amines is 1. The van der Waals surface area contributed by atoms with Crippen LogP contribution in [0.5, 0.6) is 5.75 Å². The van der Waals surface area contributed by atoms with Crippen molar-refractivity contribution in [2.75, 3.05) is 5.32 Å². The Hall–Kier alpha value is -2.90. The number of aromatic nitrogens is 2. The number of nitrogens with one attached hydrogen (secondary N) is 2. The number of H-pyrrole nitrogens is 1. The van der Waals surface area contributed by atoms with Crippen LogP contribution in [0.4, 0.5) is 10.2 Å². The van der Waals surface area contributed by atoms with E-state index in [4.69, 9.17) is 16.3 Å². The molecule has 2 aromatic heterocycles. The van der Waals surface area contributed by atoms with Gasteiger partial charge in [-0.15, -0.1) is 11.3 Å². The highest BCUT2D eigenvalue weighted by Crippen LogP contribution is 2.28. The van der Waals surface area contributed by atoms with Crippen LogP contribution < -0.4 is 10.1 Å². The van der Waals surface area contributed by atoms with E-state index in [0.29, 0.717) is 32.4 Å². The van der Waals surface area contributed by atoms with Crippen LogP contribution in [0, 0.1) is 5.82 Å². The summed E-state index contributed by atoms with van der Waals surface area (Å²) in [6.45, 7) is 0.0997. The Kier molecular flexibility index (Phi) is 4.79. The first-order valence-electron chi connectivity index (χ1n) is 8.00. The standard InChI is InChI=1S/C19H13ClFN3O2S/c20-14-7-8-27-17(14)19(25)22-18-13-9-12(5-6-16(13)23-24-18)26-10-11-3-1-2-4-15(11)21/h1-9H,10H2,(H2,22,23,24,25). The third-order valence-electron chi connectivity index (χ3n) is 3.94. The van der Waals surface area contributed by atoms with E-state index in [1.54, 1.807) is 47.8 Å². The van der Waals surface area contributed by atoms with Gasteiger partial charge in [-0.05, 0) is 35.7 Å². The molecule has 0 saturated carbocycles. The summed E-state index contributed by atoms with van der Waals surface area (Å²) in [7, 11) is 0. The number of thiophene rings is 1. The summed E-state index contributed by atoms with van der Waals surface area (Å²) >= 11 is 7.25. The largest absolute Gasteiger partial charge is 0.489 e. The molecule has 2 N–H and O–H groups in total. The molecule has 0 radical (unpaired) electrons. The molecule has 5 nitrogen and oxygen atoms in total. The molecule has 0 saturated heterocycles. The van der Waals surface area contributed by atoms with E-state index in [-0.39, 0.29) is 18.3 Å². The van der Waals surface area contributed by atoms with Crippen molar-refractivity contribution in [3.05, 3.63) is 75.2 Å². The fourth-order valence-electron chi connectivity index (χ4n) is 2.57. The highest BCUT2D eigenvalue weighted by Gasteiger charge is 2.15. The number of hydrogen-bond acceptors (Lipinski definition) is 4. The van der Waals surface area contributed by atoms with Gasteiger partial charge in [0, 0.05) is 10.9 Å². The molecule has 4 rings (SSSR count). The minimum atomic E-state index is -0.332. The summed E-state index contributed by atoms with van der Waals surface area (Å²) in [5, 5.41) is 12.6. The quantitative estimate of drug-likeness (QED) is 0.480. The second-order valence-corrected chi connectivity index (χ2v) is 7.03.